The molecule has 0 fully saturated rings. The zero-order valence-corrected chi connectivity index (χ0v) is 18.2. The fourth-order valence-corrected chi connectivity index (χ4v) is 4.48. The SMILES string of the molecule is Fc1cc2nc3c(n2cc1Br)C(c1ccccc1OC(F)F)CC3OCc1ccncc1. The van der Waals surface area contributed by atoms with Crippen LogP contribution >= 0.6 is 15.9 Å². The molecule has 1 aliphatic rings. The van der Waals surface area contributed by atoms with Gasteiger partial charge in [-0.25, -0.2) is 9.37 Å². The highest BCUT2D eigenvalue weighted by Crippen LogP contribution is 2.48. The van der Waals surface area contributed by atoms with Crippen LogP contribution < -0.4 is 4.74 Å². The van der Waals surface area contributed by atoms with E-state index in [0.717, 1.165) is 11.3 Å². The van der Waals surface area contributed by atoms with Gasteiger partial charge in [0.25, 0.3) is 0 Å². The third-order valence-corrected chi connectivity index (χ3v) is 6.11. The quantitative estimate of drug-likeness (QED) is 0.322. The van der Waals surface area contributed by atoms with Crippen LogP contribution in [0.5, 0.6) is 5.75 Å². The van der Waals surface area contributed by atoms with Crippen LogP contribution in [0.1, 0.15) is 41.0 Å². The average molecular weight is 504 g/mol. The van der Waals surface area contributed by atoms with Crippen molar-refractivity contribution in [3.8, 4) is 5.75 Å². The molecule has 3 heterocycles. The molecule has 9 heteroatoms. The molecule has 0 spiro atoms. The van der Waals surface area contributed by atoms with Gasteiger partial charge in [0.15, 0.2) is 0 Å². The molecule has 4 aromatic rings. The van der Waals surface area contributed by atoms with Gasteiger partial charge in [0, 0.05) is 36.1 Å². The molecule has 164 valence electrons. The molecule has 0 N–H and O–H groups in total. The summed E-state index contributed by atoms with van der Waals surface area (Å²) < 4.78 is 53.3. The van der Waals surface area contributed by atoms with Crippen molar-refractivity contribution < 1.29 is 22.6 Å². The van der Waals surface area contributed by atoms with Gasteiger partial charge in [-0.05, 0) is 46.1 Å². The first-order valence-electron chi connectivity index (χ1n) is 9.92. The predicted molar refractivity (Wildman–Crippen MR) is 114 cm³/mol. The minimum absolute atomic E-state index is 0.101. The highest BCUT2D eigenvalue weighted by Gasteiger charge is 2.39. The molecule has 0 saturated carbocycles. The van der Waals surface area contributed by atoms with Gasteiger partial charge < -0.3 is 13.9 Å². The minimum atomic E-state index is -2.94. The first kappa shape index (κ1) is 21.0. The Bertz CT molecular complexity index is 1270. The second-order valence-electron chi connectivity index (χ2n) is 7.44. The lowest BCUT2D eigenvalue weighted by molar-refractivity contribution is -0.0506. The Morgan fingerprint density at radius 2 is 1.94 bits per heavy atom. The van der Waals surface area contributed by atoms with Crippen LogP contribution in [0, 0.1) is 5.82 Å². The molecular formula is C23H17BrF3N3O2. The number of ether oxygens (including phenoxy) is 2. The molecule has 32 heavy (non-hydrogen) atoms. The van der Waals surface area contributed by atoms with Gasteiger partial charge in [0.2, 0.25) is 0 Å². The standard InChI is InChI=1S/C23H17BrF3N3O2/c24-16-11-30-20(10-17(16)25)29-21-19(31-12-13-5-7-28-8-6-13)9-15(22(21)30)14-3-1-2-4-18(14)32-23(26)27/h1-8,10-11,15,19,23H,9,12H2. The number of hydrogen-bond acceptors (Lipinski definition) is 4. The van der Waals surface area contributed by atoms with Crippen molar-refractivity contribution in [2.75, 3.05) is 0 Å². The summed E-state index contributed by atoms with van der Waals surface area (Å²) in [6.07, 6.45) is 5.06. The Kier molecular flexibility index (Phi) is 5.60. The molecule has 2 atom stereocenters. The Labute approximate surface area is 190 Å². The molecule has 5 rings (SSSR count). The van der Waals surface area contributed by atoms with Gasteiger partial charge in [-0.3, -0.25) is 4.98 Å². The van der Waals surface area contributed by atoms with Crippen molar-refractivity contribution in [1.29, 1.82) is 0 Å². The van der Waals surface area contributed by atoms with E-state index in [2.05, 4.69) is 25.9 Å². The lowest BCUT2D eigenvalue weighted by Gasteiger charge is -2.18. The molecule has 0 aliphatic heterocycles. The Morgan fingerprint density at radius 3 is 2.72 bits per heavy atom. The van der Waals surface area contributed by atoms with Crippen LogP contribution in [0.15, 0.2) is 65.5 Å². The van der Waals surface area contributed by atoms with Crippen molar-refractivity contribution in [2.45, 2.75) is 31.7 Å². The van der Waals surface area contributed by atoms with Gasteiger partial charge in [0.05, 0.1) is 22.5 Å². The van der Waals surface area contributed by atoms with E-state index >= 15 is 0 Å². The summed E-state index contributed by atoms with van der Waals surface area (Å²) in [5, 5.41) is 0. The molecule has 1 aliphatic carbocycles. The monoisotopic (exact) mass is 503 g/mol. The third kappa shape index (κ3) is 3.86. The van der Waals surface area contributed by atoms with Crippen molar-refractivity contribution >= 4 is 21.6 Å². The maximum absolute atomic E-state index is 14.2. The van der Waals surface area contributed by atoms with Crippen LogP contribution in [0.4, 0.5) is 13.2 Å². The molecule has 0 bridgehead atoms. The zero-order chi connectivity index (χ0) is 22.2. The topological polar surface area (TPSA) is 48.7 Å². The fourth-order valence-electron chi connectivity index (χ4n) is 4.17. The fraction of sp³-hybridized carbons (Fsp3) is 0.217. The van der Waals surface area contributed by atoms with E-state index in [1.807, 2.05) is 12.1 Å². The highest BCUT2D eigenvalue weighted by molar-refractivity contribution is 9.10. The summed E-state index contributed by atoms with van der Waals surface area (Å²) >= 11 is 3.22. The first-order valence-corrected chi connectivity index (χ1v) is 10.7. The van der Waals surface area contributed by atoms with E-state index in [0.29, 0.717) is 29.9 Å². The first-order chi connectivity index (χ1) is 15.5. The average Bonchev–Trinajstić information content (AvgIpc) is 3.31. The van der Waals surface area contributed by atoms with Crippen LogP contribution in [0.3, 0.4) is 0 Å². The number of aromatic nitrogens is 3. The number of fused-ring (bicyclic) bond motifs is 3. The predicted octanol–water partition coefficient (Wildman–Crippen LogP) is 6.03. The van der Waals surface area contributed by atoms with E-state index in [9.17, 15) is 13.2 Å². The molecule has 0 saturated heterocycles. The lowest BCUT2D eigenvalue weighted by atomic mass is 9.95. The zero-order valence-electron chi connectivity index (χ0n) is 16.6. The highest BCUT2D eigenvalue weighted by atomic mass is 79.9. The molecule has 1 aromatic carbocycles. The maximum Gasteiger partial charge on any atom is 0.387 e. The lowest BCUT2D eigenvalue weighted by Crippen LogP contribution is -2.09. The Morgan fingerprint density at radius 1 is 1.16 bits per heavy atom. The number of rotatable bonds is 6. The second-order valence-corrected chi connectivity index (χ2v) is 8.29. The van der Waals surface area contributed by atoms with Gasteiger partial charge in [-0.2, -0.15) is 8.78 Å². The van der Waals surface area contributed by atoms with Crippen LogP contribution in [0.2, 0.25) is 0 Å². The number of alkyl halides is 2. The molecule has 5 nitrogen and oxygen atoms in total. The van der Waals surface area contributed by atoms with Gasteiger partial charge >= 0.3 is 6.61 Å². The molecule has 2 unspecified atom stereocenters. The van der Waals surface area contributed by atoms with E-state index in [-0.39, 0.29) is 16.1 Å². The summed E-state index contributed by atoms with van der Waals surface area (Å²) in [5.41, 5.74) is 3.40. The number of para-hydroxylation sites is 1. The van der Waals surface area contributed by atoms with Crippen LogP contribution in [0.25, 0.3) is 5.65 Å². The van der Waals surface area contributed by atoms with E-state index in [1.165, 1.54) is 12.1 Å². The number of nitrogens with zero attached hydrogens (tertiary/aromatic N) is 3. The molecule has 0 amide bonds. The van der Waals surface area contributed by atoms with Crippen molar-refractivity contribution in [2.24, 2.45) is 0 Å². The summed E-state index contributed by atoms with van der Waals surface area (Å²) in [5.74, 6) is -0.660. The maximum atomic E-state index is 14.2. The summed E-state index contributed by atoms with van der Waals surface area (Å²) in [4.78, 5) is 8.64. The summed E-state index contributed by atoms with van der Waals surface area (Å²) in [6, 6.07) is 11.7. The van der Waals surface area contributed by atoms with Crippen molar-refractivity contribution in [1.82, 2.24) is 14.4 Å². The van der Waals surface area contributed by atoms with Gasteiger partial charge in [0.1, 0.15) is 23.3 Å². The Hall–Kier alpha value is -2.91. The number of halogens is 4. The summed E-state index contributed by atoms with van der Waals surface area (Å²) in [6.45, 7) is -2.61. The van der Waals surface area contributed by atoms with Gasteiger partial charge in [-0.15, -0.1) is 0 Å². The van der Waals surface area contributed by atoms with E-state index in [4.69, 9.17) is 9.47 Å². The number of pyridine rings is 2. The summed E-state index contributed by atoms with van der Waals surface area (Å²) in [7, 11) is 0. The van der Waals surface area contributed by atoms with Crippen molar-refractivity contribution in [3.63, 3.8) is 0 Å². The minimum Gasteiger partial charge on any atom is -0.435 e. The smallest absolute Gasteiger partial charge is 0.387 e. The van der Waals surface area contributed by atoms with Crippen LogP contribution in [-0.2, 0) is 11.3 Å². The normalized spacial score (nSPS) is 17.8. The largest absolute Gasteiger partial charge is 0.435 e. The number of benzene rings is 1. The molecular weight excluding hydrogens is 487 g/mol. The Balaban J connectivity index is 1.58. The number of imidazole rings is 1. The van der Waals surface area contributed by atoms with Crippen molar-refractivity contribution in [3.05, 3.63) is 93.9 Å². The van der Waals surface area contributed by atoms with E-state index < -0.39 is 18.5 Å². The van der Waals surface area contributed by atoms with Crippen LogP contribution in [-0.4, -0.2) is 21.0 Å². The van der Waals surface area contributed by atoms with E-state index in [1.54, 1.807) is 41.2 Å². The van der Waals surface area contributed by atoms with Gasteiger partial charge in [-0.1, -0.05) is 18.2 Å². The molecule has 3 aromatic heterocycles. The molecule has 0 radical (unpaired) electrons. The second kappa shape index (κ2) is 8.55. The third-order valence-electron chi connectivity index (χ3n) is 5.53. The number of hydrogen-bond donors (Lipinski definition) is 0.